The number of hydrogen-bond acceptors (Lipinski definition) is 4. The monoisotopic (exact) mass is 311 g/mol. The second-order valence-electron chi connectivity index (χ2n) is 4.16. The maximum atomic E-state index is 11.9. The zero-order chi connectivity index (χ0) is 15.8. The summed E-state index contributed by atoms with van der Waals surface area (Å²) in [5, 5.41) is 11.3. The molecule has 0 aromatic heterocycles. The van der Waals surface area contributed by atoms with Crippen molar-refractivity contribution in [3.63, 3.8) is 0 Å². The Kier molecular flexibility index (Phi) is 6.61. The van der Waals surface area contributed by atoms with E-state index in [0.29, 0.717) is 29.2 Å². The molecule has 0 heterocycles. The highest BCUT2D eigenvalue weighted by Gasteiger charge is 2.09. The van der Waals surface area contributed by atoms with Gasteiger partial charge in [-0.15, -0.1) is 0 Å². The van der Waals surface area contributed by atoms with Crippen molar-refractivity contribution >= 4 is 28.8 Å². The molecule has 1 aromatic rings. The zero-order valence-electron chi connectivity index (χ0n) is 11.8. The van der Waals surface area contributed by atoms with Gasteiger partial charge in [-0.05, 0) is 24.3 Å². The topological polar surface area (TPSA) is 92.7 Å². The second-order valence-corrected chi connectivity index (χ2v) is 5.72. The van der Waals surface area contributed by atoms with Gasteiger partial charge in [0.25, 0.3) is 5.91 Å². The van der Waals surface area contributed by atoms with Crippen LogP contribution in [-0.2, 0) is 15.6 Å². The number of rotatable bonds is 7. The van der Waals surface area contributed by atoms with Crippen LogP contribution in [0.15, 0.2) is 24.3 Å². The molecule has 0 spiro atoms. The molecule has 0 radical (unpaired) electrons. The van der Waals surface area contributed by atoms with Gasteiger partial charge in [-0.2, -0.15) is 0 Å². The molecule has 0 saturated carbocycles. The molecular weight excluding hydrogens is 294 g/mol. The number of nitrogens with one attached hydrogen (secondary N) is 1. The number of carbonyl (C=O) groups is 2. The third-order valence-corrected chi connectivity index (χ3v) is 3.35. The highest BCUT2D eigenvalue weighted by atomic mass is 32.2. The van der Waals surface area contributed by atoms with Gasteiger partial charge >= 0.3 is 5.97 Å². The van der Waals surface area contributed by atoms with Gasteiger partial charge in [0.1, 0.15) is 5.75 Å². The Morgan fingerprint density at radius 3 is 2.71 bits per heavy atom. The average Bonchev–Trinajstić information content (AvgIpc) is 2.44. The Hall–Kier alpha value is -2.15. The van der Waals surface area contributed by atoms with Crippen molar-refractivity contribution in [1.82, 2.24) is 5.32 Å². The molecule has 0 saturated heterocycles. The highest BCUT2D eigenvalue weighted by molar-refractivity contribution is 7.84. The summed E-state index contributed by atoms with van der Waals surface area (Å²) in [7, 11) is 0.495. The van der Waals surface area contributed by atoms with E-state index >= 15 is 0 Å². The van der Waals surface area contributed by atoms with Gasteiger partial charge in [-0.3, -0.25) is 9.00 Å². The van der Waals surface area contributed by atoms with E-state index in [0.717, 1.165) is 6.08 Å². The van der Waals surface area contributed by atoms with Crippen molar-refractivity contribution in [1.29, 1.82) is 0 Å². The molecule has 0 aliphatic heterocycles. The SMILES string of the molecule is COc1ccc(C(=O)NCCS(C)=O)cc1/C=C/C(=O)O. The van der Waals surface area contributed by atoms with Crippen molar-refractivity contribution in [2.75, 3.05) is 25.7 Å². The first-order valence-electron chi connectivity index (χ1n) is 6.11. The van der Waals surface area contributed by atoms with Crippen molar-refractivity contribution in [3.05, 3.63) is 35.4 Å². The van der Waals surface area contributed by atoms with Gasteiger partial charge in [0.15, 0.2) is 0 Å². The lowest BCUT2D eigenvalue weighted by Gasteiger charge is -2.08. The van der Waals surface area contributed by atoms with Gasteiger partial charge < -0.3 is 15.2 Å². The van der Waals surface area contributed by atoms with E-state index in [4.69, 9.17) is 9.84 Å². The van der Waals surface area contributed by atoms with Crippen LogP contribution in [0.1, 0.15) is 15.9 Å². The smallest absolute Gasteiger partial charge is 0.328 e. The van der Waals surface area contributed by atoms with Crippen LogP contribution >= 0.6 is 0 Å². The van der Waals surface area contributed by atoms with Gasteiger partial charge in [-0.25, -0.2) is 4.79 Å². The Morgan fingerprint density at radius 2 is 2.14 bits per heavy atom. The van der Waals surface area contributed by atoms with Gasteiger partial charge in [0, 0.05) is 46.6 Å². The Bertz CT molecular complexity index is 583. The third kappa shape index (κ3) is 5.78. The molecule has 7 heteroatoms. The van der Waals surface area contributed by atoms with E-state index in [-0.39, 0.29) is 5.91 Å². The predicted octanol–water partition coefficient (Wildman–Crippen LogP) is 0.901. The molecule has 6 nitrogen and oxygen atoms in total. The maximum absolute atomic E-state index is 11.9. The van der Waals surface area contributed by atoms with Crippen LogP contribution in [0.3, 0.4) is 0 Å². The summed E-state index contributed by atoms with van der Waals surface area (Å²) in [5.74, 6) is -0.544. The van der Waals surface area contributed by atoms with E-state index in [2.05, 4.69) is 5.32 Å². The maximum Gasteiger partial charge on any atom is 0.328 e. The number of methoxy groups -OCH3 is 1. The minimum Gasteiger partial charge on any atom is -0.496 e. The van der Waals surface area contributed by atoms with Crippen LogP contribution in [-0.4, -0.2) is 46.9 Å². The normalized spacial score (nSPS) is 12.1. The summed E-state index contributed by atoms with van der Waals surface area (Å²) >= 11 is 0. The number of ether oxygens (including phenoxy) is 1. The van der Waals surface area contributed by atoms with E-state index < -0.39 is 16.8 Å². The van der Waals surface area contributed by atoms with Crippen LogP contribution < -0.4 is 10.1 Å². The fourth-order valence-electron chi connectivity index (χ4n) is 1.58. The van der Waals surface area contributed by atoms with Crippen molar-refractivity contribution in [2.45, 2.75) is 0 Å². The molecule has 1 atom stereocenters. The summed E-state index contributed by atoms with van der Waals surface area (Å²) in [6.07, 6.45) is 3.90. The van der Waals surface area contributed by atoms with E-state index in [1.165, 1.54) is 19.3 Å². The first-order valence-corrected chi connectivity index (χ1v) is 7.84. The van der Waals surface area contributed by atoms with Crippen molar-refractivity contribution in [3.8, 4) is 5.75 Å². The number of hydrogen-bond donors (Lipinski definition) is 2. The lowest BCUT2D eigenvalue weighted by atomic mass is 10.1. The van der Waals surface area contributed by atoms with E-state index in [1.54, 1.807) is 18.4 Å². The molecule has 1 rings (SSSR count). The number of benzene rings is 1. The molecule has 1 amide bonds. The predicted molar refractivity (Wildman–Crippen MR) is 80.9 cm³/mol. The Labute approximate surface area is 125 Å². The standard InChI is InChI=1S/C14H17NO5S/c1-20-12-5-3-11(9-10(12)4-6-13(16)17)14(18)15-7-8-21(2)19/h3-6,9H,7-8H2,1-2H3,(H,15,18)(H,16,17)/b6-4+. The van der Waals surface area contributed by atoms with Gasteiger partial charge in [0.05, 0.1) is 7.11 Å². The van der Waals surface area contributed by atoms with Gasteiger partial charge in [0.2, 0.25) is 0 Å². The van der Waals surface area contributed by atoms with Crippen LogP contribution in [0.25, 0.3) is 6.08 Å². The Morgan fingerprint density at radius 1 is 1.43 bits per heavy atom. The molecular formula is C14H17NO5S. The van der Waals surface area contributed by atoms with Crippen molar-refractivity contribution in [2.24, 2.45) is 0 Å². The van der Waals surface area contributed by atoms with Crippen LogP contribution in [0.2, 0.25) is 0 Å². The zero-order valence-corrected chi connectivity index (χ0v) is 12.6. The largest absolute Gasteiger partial charge is 0.496 e. The summed E-state index contributed by atoms with van der Waals surface area (Å²) in [6.45, 7) is 0.314. The second kappa shape index (κ2) is 8.21. The molecule has 21 heavy (non-hydrogen) atoms. The third-order valence-electron chi connectivity index (χ3n) is 2.57. The number of aliphatic carboxylic acids is 1. The minimum atomic E-state index is -1.09. The summed E-state index contributed by atoms with van der Waals surface area (Å²) in [6, 6.07) is 4.71. The summed E-state index contributed by atoms with van der Waals surface area (Å²) in [5.41, 5.74) is 0.870. The van der Waals surface area contributed by atoms with Crippen molar-refractivity contribution < 1.29 is 23.6 Å². The minimum absolute atomic E-state index is 0.312. The lowest BCUT2D eigenvalue weighted by Crippen LogP contribution is -2.27. The Balaban J connectivity index is 2.88. The average molecular weight is 311 g/mol. The molecule has 2 N–H and O–H groups in total. The first-order chi connectivity index (χ1) is 9.93. The molecule has 0 bridgehead atoms. The van der Waals surface area contributed by atoms with Crippen LogP contribution in [0.4, 0.5) is 0 Å². The number of carbonyl (C=O) groups excluding carboxylic acids is 1. The summed E-state index contributed by atoms with van der Waals surface area (Å²) < 4.78 is 16.0. The number of amides is 1. The highest BCUT2D eigenvalue weighted by Crippen LogP contribution is 2.21. The van der Waals surface area contributed by atoms with E-state index in [1.807, 2.05) is 0 Å². The van der Waals surface area contributed by atoms with Gasteiger partial charge in [-0.1, -0.05) is 0 Å². The fraction of sp³-hybridized carbons (Fsp3) is 0.286. The fourth-order valence-corrected chi connectivity index (χ4v) is 1.97. The first kappa shape index (κ1) is 16.9. The summed E-state index contributed by atoms with van der Waals surface area (Å²) in [4.78, 5) is 22.5. The quantitative estimate of drug-likeness (QED) is 0.730. The molecule has 1 unspecified atom stereocenters. The number of carboxylic acid groups (broad SMARTS) is 1. The van der Waals surface area contributed by atoms with E-state index in [9.17, 15) is 13.8 Å². The molecule has 0 fully saturated rings. The van der Waals surface area contributed by atoms with Crippen LogP contribution in [0.5, 0.6) is 5.75 Å². The van der Waals surface area contributed by atoms with Crippen LogP contribution in [0, 0.1) is 0 Å². The number of carboxylic acids is 1. The molecule has 0 aliphatic carbocycles. The molecule has 0 aliphatic rings. The molecule has 114 valence electrons. The molecule has 1 aromatic carbocycles. The lowest BCUT2D eigenvalue weighted by molar-refractivity contribution is -0.131.